The van der Waals surface area contributed by atoms with Crippen molar-refractivity contribution in [3.05, 3.63) is 66.0 Å². The fourth-order valence-electron chi connectivity index (χ4n) is 3.95. The number of unbranched alkanes of at least 4 members (excludes halogenated alkanes) is 9. The minimum absolute atomic E-state index is 1.05. The second-order valence-corrected chi connectivity index (χ2v) is 8.04. The number of rotatable bonds is 13. The summed E-state index contributed by atoms with van der Waals surface area (Å²) < 4.78 is 2.39. The van der Waals surface area contributed by atoms with E-state index in [1.165, 1.54) is 75.3 Å². The number of aromatic nitrogens is 2. The van der Waals surface area contributed by atoms with E-state index in [1.54, 1.807) is 0 Å². The molecule has 0 N–H and O–H groups in total. The average molecular weight is 389 g/mol. The fraction of sp³-hybridized carbons (Fsp3) is 0.444. The maximum absolute atomic E-state index is 4.87. The highest BCUT2D eigenvalue weighted by Crippen LogP contribution is 2.20. The zero-order chi connectivity index (χ0) is 20.2. The molecule has 0 unspecified atom stereocenters. The molecule has 1 heterocycles. The minimum Gasteiger partial charge on any atom is -0.324 e. The first-order valence-electron chi connectivity index (χ1n) is 11.6. The minimum atomic E-state index is 1.05. The van der Waals surface area contributed by atoms with Crippen LogP contribution < -0.4 is 0 Å². The van der Waals surface area contributed by atoms with Crippen molar-refractivity contribution in [2.75, 3.05) is 0 Å². The molecular weight excluding hydrogens is 352 g/mol. The Labute approximate surface area is 176 Å². The van der Waals surface area contributed by atoms with Gasteiger partial charge in [0.05, 0.1) is 11.0 Å². The predicted molar refractivity (Wildman–Crippen MR) is 127 cm³/mol. The molecular formula is C27H36N2. The van der Waals surface area contributed by atoms with Crippen LogP contribution in [-0.4, -0.2) is 9.55 Å². The van der Waals surface area contributed by atoms with Gasteiger partial charge in [-0.05, 0) is 30.2 Å². The lowest BCUT2D eigenvalue weighted by atomic mass is 10.1. The second kappa shape index (κ2) is 12.3. The van der Waals surface area contributed by atoms with Crippen LogP contribution in [0.3, 0.4) is 0 Å². The molecule has 0 saturated heterocycles. The average Bonchev–Trinajstić information content (AvgIpc) is 3.12. The highest BCUT2D eigenvalue weighted by molar-refractivity contribution is 5.79. The van der Waals surface area contributed by atoms with E-state index in [0.29, 0.717) is 0 Å². The smallest absolute Gasteiger partial charge is 0.133 e. The van der Waals surface area contributed by atoms with Gasteiger partial charge in [0.2, 0.25) is 0 Å². The summed E-state index contributed by atoms with van der Waals surface area (Å²) >= 11 is 0. The van der Waals surface area contributed by atoms with Gasteiger partial charge in [-0.1, -0.05) is 113 Å². The Morgan fingerprint density at radius 2 is 1.31 bits per heavy atom. The zero-order valence-electron chi connectivity index (χ0n) is 18.0. The lowest BCUT2D eigenvalue weighted by Gasteiger charge is -2.07. The van der Waals surface area contributed by atoms with E-state index in [0.717, 1.165) is 17.9 Å². The molecule has 2 nitrogen and oxygen atoms in total. The molecule has 0 spiro atoms. The summed E-state index contributed by atoms with van der Waals surface area (Å²) in [6, 6.07) is 19.0. The van der Waals surface area contributed by atoms with Crippen LogP contribution in [0.1, 0.15) is 82.5 Å². The van der Waals surface area contributed by atoms with Gasteiger partial charge in [-0.15, -0.1) is 0 Å². The van der Waals surface area contributed by atoms with Gasteiger partial charge in [-0.3, -0.25) is 0 Å². The molecule has 0 fully saturated rings. The molecule has 29 heavy (non-hydrogen) atoms. The number of hydrogen-bond donors (Lipinski definition) is 0. The number of para-hydroxylation sites is 2. The maximum Gasteiger partial charge on any atom is 0.133 e. The molecule has 0 radical (unpaired) electrons. The first-order chi connectivity index (χ1) is 14.4. The largest absolute Gasteiger partial charge is 0.324 e. The Hall–Kier alpha value is -2.35. The van der Waals surface area contributed by atoms with E-state index in [1.807, 2.05) is 0 Å². The third kappa shape index (κ3) is 6.88. The van der Waals surface area contributed by atoms with Crippen LogP contribution in [0, 0.1) is 0 Å². The summed E-state index contributed by atoms with van der Waals surface area (Å²) in [5.41, 5.74) is 3.55. The summed E-state index contributed by atoms with van der Waals surface area (Å²) in [6.45, 7) is 3.33. The van der Waals surface area contributed by atoms with E-state index >= 15 is 0 Å². The number of fused-ring (bicyclic) bond motifs is 1. The summed E-state index contributed by atoms with van der Waals surface area (Å²) in [5, 5.41) is 0. The van der Waals surface area contributed by atoms with E-state index in [9.17, 15) is 0 Å². The van der Waals surface area contributed by atoms with Gasteiger partial charge in [-0.2, -0.15) is 0 Å². The fourth-order valence-corrected chi connectivity index (χ4v) is 3.95. The highest BCUT2D eigenvalue weighted by Gasteiger charge is 2.07. The number of aryl methyl sites for hydroxylation is 1. The van der Waals surface area contributed by atoms with Crippen molar-refractivity contribution in [3.8, 4) is 0 Å². The van der Waals surface area contributed by atoms with Crippen LogP contribution in [0.15, 0.2) is 54.6 Å². The molecule has 0 amide bonds. The van der Waals surface area contributed by atoms with Crippen molar-refractivity contribution in [2.24, 2.45) is 0 Å². The SMILES string of the molecule is CCCCCCCCCCCCn1c(/C=C/c2ccccc2)nc2ccccc21. The molecule has 1 aromatic heterocycles. The van der Waals surface area contributed by atoms with Gasteiger partial charge in [0.25, 0.3) is 0 Å². The molecule has 0 atom stereocenters. The molecule has 3 aromatic rings. The van der Waals surface area contributed by atoms with Crippen LogP contribution in [-0.2, 0) is 6.54 Å². The van der Waals surface area contributed by atoms with Crippen molar-refractivity contribution < 1.29 is 0 Å². The van der Waals surface area contributed by atoms with E-state index in [2.05, 4.69) is 78.2 Å². The Balaban J connectivity index is 1.51. The lowest BCUT2D eigenvalue weighted by molar-refractivity contribution is 0.537. The third-order valence-electron chi connectivity index (χ3n) is 5.64. The molecule has 0 aliphatic carbocycles. The van der Waals surface area contributed by atoms with Gasteiger partial charge in [0.15, 0.2) is 0 Å². The number of nitrogens with zero attached hydrogens (tertiary/aromatic N) is 2. The Bertz CT molecular complexity index is 861. The molecule has 0 saturated carbocycles. The molecule has 0 aliphatic heterocycles. The second-order valence-electron chi connectivity index (χ2n) is 8.04. The quantitative estimate of drug-likeness (QED) is 0.270. The monoisotopic (exact) mass is 388 g/mol. The Morgan fingerprint density at radius 1 is 0.690 bits per heavy atom. The number of hydrogen-bond acceptors (Lipinski definition) is 1. The molecule has 0 aliphatic rings. The van der Waals surface area contributed by atoms with Gasteiger partial charge >= 0.3 is 0 Å². The topological polar surface area (TPSA) is 17.8 Å². The standard InChI is InChI=1S/C27H36N2/c1-2-3-4-5-6-7-8-9-10-16-23-29-26-20-15-14-19-25(26)28-27(29)22-21-24-17-12-11-13-18-24/h11-15,17-22H,2-10,16,23H2,1H3/b22-21+. The van der Waals surface area contributed by atoms with Crippen molar-refractivity contribution in [2.45, 2.75) is 77.7 Å². The van der Waals surface area contributed by atoms with Gasteiger partial charge < -0.3 is 4.57 Å². The zero-order valence-corrected chi connectivity index (χ0v) is 18.0. The van der Waals surface area contributed by atoms with Crippen LogP contribution in [0.5, 0.6) is 0 Å². The maximum atomic E-state index is 4.87. The summed E-state index contributed by atoms with van der Waals surface area (Å²) in [4.78, 5) is 4.87. The van der Waals surface area contributed by atoms with Crippen molar-refractivity contribution in [3.63, 3.8) is 0 Å². The van der Waals surface area contributed by atoms with Gasteiger partial charge in [-0.25, -0.2) is 4.98 Å². The molecule has 0 bridgehead atoms. The first kappa shape index (κ1) is 21.4. The first-order valence-corrected chi connectivity index (χ1v) is 11.6. The molecule has 154 valence electrons. The molecule has 2 aromatic carbocycles. The van der Waals surface area contributed by atoms with Crippen molar-refractivity contribution in [1.82, 2.24) is 9.55 Å². The lowest BCUT2D eigenvalue weighted by Crippen LogP contribution is -2.00. The van der Waals surface area contributed by atoms with Crippen LogP contribution in [0.2, 0.25) is 0 Å². The van der Waals surface area contributed by atoms with Crippen LogP contribution in [0.4, 0.5) is 0 Å². The van der Waals surface area contributed by atoms with E-state index in [4.69, 9.17) is 4.98 Å². The van der Waals surface area contributed by atoms with E-state index in [-0.39, 0.29) is 0 Å². The highest BCUT2D eigenvalue weighted by atomic mass is 15.1. The summed E-state index contributed by atoms with van der Waals surface area (Å²) in [5.74, 6) is 1.06. The Kier molecular flexibility index (Phi) is 9.03. The van der Waals surface area contributed by atoms with Crippen LogP contribution in [0.25, 0.3) is 23.2 Å². The number of benzene rings is 2. The van der Waals surface area contributed by atoms with Crippen molar-refractivity contribution in [1.29, 1.82) is 0 Å². The van der Waals surface area contributed by atoms with Gasteiger partial charge in [0, 0.05) is 6.54 Å². The Morgan fingerprint density at radius 3 is 2.03 bits per heavy atom. The van der Waals surface area contributed by atoms with Gasteiger partial charge in [0.1, 0.15) is 5.82 Å². The van der Waals surface area contributed by atoms with Crippen LogP contribution >= 0.6 is 0 Å². The molecule has 2 heteroatoms. The third-order valence-corrected chi connectivity index (χ3v) is 5.64. The predicted octanol–water partition coefficient (Wildman–Crippen LogP) is 8.13. The van der Waals surface area contributed by atoms with Crippen molar-refractivity contribution >= 4 is 23.2 Å². The number of imidazole rings is 1. The summed E-state index contributed by atoms with van der Waals surface area (Å²) in [7, 11) is 0. The van der Waals surface area contributed by atoms with E-state index < -0.39 is 0 Å². The summed E-state index contributed by atoms with van der Waals surface area (Å²) in [6.07, 6.45) is 18.0. The molecule has 3 rings (SSSR count). The normalized spacial score (nSPS) is 11.6.